The van der Waals surface area contributed by atoms with Crippen molar-refractivity contribution in [3.05, 3.63) is 59.7 Å². The zero-order valence-corrected chi connectivity index (χ0v) is 19.5. The highest BCUT2D eigenvalue weighted by Gasteiger charge is 2.32. The van der Waals surface area contributed by atoms with Gasteiger partial charge in [-0.3, -0.25) is 4.79 Å². The number of carbonyl (C=O) groups excluding carboxylic acids is 1. The molecule has 1 N–H and O–H groups in total. The number of nitrogens with zero attached hydrogens (tertiary/aromatic N) is 1. The monoisotopic (exact) mass is 464 g/mol. The van der Waals surface area contributed by atoms with E-state index < -0.39 is 19.9 Å². The number of hydrogen-bond donors (Lipinski definition) is 1. The second kappa shape index (κ2) is 9.10. The number of sulfone groups is 1. The van der Waals surface area contributed by atoms with E-state index in [1.165, 1.54) is 16.4 Å². The molecule has 1 fully saturated rings. The second-order valence-electron chi connectivity index (χ2n) is 8.06. The molecule has 0 spiro atoms. The Kier molecular flexibility index (Phi) is 6.88. The van der Waals surface area contributed by atoms with E-state index in [9.17, 15) is 21.6 Å². The van der Waals surface area contributed by atoms with Crippen LogP contribution in [0.25, 0.3) is 0 Å². The van der Waals surface area contributed by atoms with Crippen LogP contribution in [0.4, 0.5) is 0 Å². The molecule has 31 heavy (non-hydrogen) atoms. The Labute approximate surface area is 184 Å². The number of aryl methyl sites for hydroxylation is 1. The molecule has 7 nitrogen and oxygen atoms in total. The highest BCUT2D eigenvalue weighted by atomic mass is 32.2. The normalized spacial score (nSPS) is 17.3. The van der Waals surface area contributed by atoms with Crippen LogP contribution in [0.5, 0.6) is 0 Å². The van der Waals surface area contributed by atoms with Crippen LogP contribution < -0.4 is 5.32 Å². The molecule has 0 unspecified atom stereocenters. The average Bonchev–Trinajstić information content (AvgIpc) is 2.73. The molecule has 168 valence electrons. The van der Waals surface area contributed by atoms with Gasteiger partial charge >= 0.3 is 0 Å². The zero-order valence-electron chi connectivity index (χ0n) is 17.9. The van der Waals surface area contributed by atoms with E-state index in [-0.39, 0.29) is 27.7 Å². The number of carbonyl (C=O) groups is 1. The van der Waals surface area contributed by atoms with Crippen molar-refractivity contribution in [1.82, 2.24) is 9.62 Å². The van der Waals surface area contributed by atoms with Gasteiger partial charge in [-0.25, -0.2) is 16.8 Å². The Morgan fingerprint density at radius 2 is 1.45 bits per heavy atom. The van der Waals surface area contributed by atoms with Crippen molar-refractivity contribution in [1.29, 1.82) is 0 Å². The fourth-order valence-electron chi connectivity index (χ4n) is 3.64. The molecule has 0 saturated carbocycles. The first kappa shape index (κ1) is 23.4. The SMILES string of the molecule is Cc1ccc(S(=O)(=O)N2CCC(C(=O)N[C@H](C)c3ccc(S(C)(=O)=O)cc3)CC2)cc1. The van der Waals surface area contributed by atoms with Gasteiger partial charge in [0.2, 0.25) is 15.9 Å². The minimum absolute atomic E-state index is 0.118. The standard InChI is InChI=1S/C22H28N2O5S2/c1-16-4-8-21(9-5-16)31(28,29)24-14-12-19(13-15-24)22(25)23-17(2)18-6-10-20(11-7-18)30(3,26)27/h4-11,17,19H,12-15H2,1-3H3,(H,23,25)/t17-/m1/s1. The summed E-state index contributed by atoms with van der Waals surface area (Å²) < 4.78 is 50.2. The molecular weight excluding hydrogens is 436 g/mol. The van der Waals surface area contributed by atoms with Gasteiger partial charge in [0.25, 0.3) is 0 Å². The quantitative estimate of drug-likeness (QED) is 0.708. The highest BCUT2D eigenvalue weighted by Crippen LogP contribution is 2.25. The van der Waals surface area contributed by atoms with E-state index in [1.807, 2.05) is 13.8 Å². The van der Waals surface area contributed by atoms with Crippen LogP contribution in [0, 0.1) is 12.8 Å². The van der Waals surface area contributed by atoms with Crippen LogP contribution >= 0.6 is 0 Å². The van der Waals surface area contributed by atoms with E-state index in [4.69, 9.17) is 0 Å². The van der Waals surface area contributed by atoms with Gasteiger partial charge in [0.15, 0.2) is 9.84 Å². The number of hydrogen-bond acceptors (Lipinski definition) is 5. The molecule has 1 aliphatic heterocycles. The topological polar surface area (TPSA) is 101 Å². The third-order valence-corrected chi connectivity index (χ3v) is 8.69. The molecule has 9 heteroatoms. The lowest BCUT2D eigenvalue weighted by Crippen LogP contribution is -2.43. The van der Waals surface area contributed by atoms with Crippen molar-refractivity contribution in [2.45, 2.75) is 42.5 Å². The summed E-state index contributed by atoms with van der Waals surface area (Å²) in [6.45, 7) is 4.34. The molecule has 2 aromatic rings. The largest absolute Gasteiger partial charge is 0.349 e. The van der Waals surface area contributed by atoms with Gasteiger partial charge in [-0.15, -0.1) is 0 Å². The predicted octanol–water partition coefficient (Wildman–Crippen LogP) is 2.68. The summed E-state index contributed by atoms with van der Waals surface area (Å²) in [4.78, 5) is 13.2. The fraction of sp³-hybridized carbons (Fsp3) is 0.409. The molecule has 1 aliphatic rings. The average molecular weight is 465 g/mol. The number of nitrogens with one attached hydrogen (secondary N) is 1. The zero-order chi connectivity index (χ0) is 22.8. The van der Waals surface area contributed by atoms with Gasteiger partial charge in [-0.05, 0) is 56.5 Å². The van der Waals surface area contributed by atoms with Crippen LogP contribution in [0.15, 0.2) is 58.3 Å². The maximum Gasteiger partial charge on any atom is 0.243 e. The van der Waals surface area contributed by atoms with Crippen LogP contribution in [-0.2, 0) is 24.7 Å². The first-order valence-electron chi connectivity index (χ1n) is 10.2. The molecule has 1 heterocycles. The summed E-state index contributed by atoms with van der Waals surface area (Å²) in [6.07, 6.45) is 2.06. The molecule has 1 atom stereocenters. The molecule has 2 aromatic carbocycles. The van der Waals surface area contributed by atoms with Gasteiger partial charge in [0.1, 0.15) is 0 Å². The van der Waals surface area contributed by atoms with E-state index >= 15 is 0 Å². The summed E-state index contributed by atoms with van der Waals surface area (Å²) in [5, 5.41) is 2.96. The molecule has 0 radical (unpaired) electrons. The maximum absolute atomic E-state index is 12.8. The van der Waals surface area contributed by atoms with E-state index in [0.717, 1.165) is 17.4 Å². The van der Waals surface area contributed by atoms with Gasteiger partial charge in [0, 0.05) is 25.3 Å². The lowest BCUT2D eigenvalue weighted by molar-refractivity contribution is -0.126. The molecule has 1 saturated heterocycles. The minimum Gasteiger partial charge on any atom is -0.349 e. The van der Waals surface area contributed by atoms with Gasteiger partial charge in [0.05, 0.1) is 15.8 Å². The number of benzene rings is 2. The van der Waals surface area contributed by atoms with Crippen molar-refractivity contribution in [3.63, 3.8) is 0 Å². The van der Waals surface area contributed by atoms with Crippen molar-refractivity contribution in [2.75, 3.05) is 19.3 Å². The lowest BCUT2D eigenvalue weighted by atomic mass is 9.96. The van der Waals surface area contributed by atoms with Crippen LogP contribution in [0.1, 0.15) is 36.9 Å². The van der Waals surface area contributed by atoms with Crippen LogP contribution in [-0.4, -0.2) is 46.4 Å². The third-order valence-electron chi connectivity index (χ3n) is 5.65. The summed E-state index contributed by atoms with van der Waals surface area (Å²) in [5.74, 6) is -0.380. The maximum atomic E-state index is 12.8. The van der Waals surface area contributed by atoms with Gasteiger partial charge in [-0.2, -0.15) is 4.31 Å². The number of piperidine rings is 1. The first-order chi connectivity index (χ1) is 14.5. The fourth-order valence-corrected chi connectivity index (χ4v) is 5.74. The Hall–Kier alpha value is -2.23. The molecule has 3 rings (SSSR count). The van der Waals surface area contributed by atoms with Crippen molar-refractivity contribution in [3.8, 4) is 0 Å². The summed E-state index contributed by atoms with van der Waals surface area (Å²) in [6, 6.07) is 12.9. The Bertz CT molecular complexity index is 1130. The third kappa shape index (κ3) is 5.53. The Morgan fingerprint density at radius 1 is 0.935 bits per heavy atom. The first-order valence-corrected chi connectivity index (χ1v) is 13.5. The second-order valence-corrected chi connectivity index (χ2v) is 12.0. The lowest BCUT2D eigenvalue weighted by Gasteiger charge is -2.31. The van der Waals surface area contributed by atoms with Crippen molar-refractivity contribution in [2.24, 2.45) is 5.92 Å². The van der Waals surface area contributed by atoms with Crippen LogP contribution in [0.3, 0.4) is 0 Å². The Balaban J connectivity index is 1.58. The molecule has 0 aliphatic carbocycles. The summed E-state index contributed by atoms with van der Waals surface area (Å²) in [7, 11) is -6.82. The predicted molar refractivity (Wildman–Crippen MR) is 119 cm³/mol. The molecule has 0 aromatic heterocycles. The van der Waals surface area contributed by atoms with E-state index in [0.29, 0.717) is 25.9 Å². The highest BCUT2D eigenvalue weighted by molar-refractivity contribution is 7.90. The summed E-state index contributed by atoms with van der Waals surface area (Å²) in [5.41, 5.74) is 1.80. The van der Waals surface area contributed by atoms with Crippen molar-refractivity contribution >= 4 is 25.8 Å². The smallest absolute Gasteiger partial charge is 0.243 e. The summed E-state index contributed by atoms with van der Waals surface area (Å²) >= 11 is 0. The minimum atomic E-state index is -3.56. The number of sulfonamides is 1. The van der Waals surface area contributed by atoms with E-state index in [2.05, 4.69) is 5.32 Å². The molecular formula is C22H28N2O5S2. The van der Waals surface area contributed by atoms with Gasteiger partial charge < -0.3 is 5.32 Å². The van der Waals surface area contributed by atoms with E-state index in [1.54, 1.807) is 36.4 Å². The number of amides is 1. The van der Waals surface area contributed by atoms with Gasteiger partial charge in [-0.1, -0.05) is 29.8 Å². The molecule has 0 bridgehead atoms. The van der Waals surface area contributed by atoms with Crippen molar-refractivity contribution < 1.29 is 21.6 Å². The Morgan fingerprint density at radius 3 is 1.97 bits per heavy atom. The van der Waals surface area contributed by atoms with Crippen LogP contribution in [0.2, 0.25) is 0 Å². The molecule has 1 amide bonds. The number of rotatable bonds is 6.